The van der Waals surface area contributed by atoms with E-state index in [1.54, 1.807) is 10.9 Å². The van der Waals surface area contributed by atoms with E-state index in [-0.39, 0.29) is 24.5 Å². The molecule has 0 fully saturated rings. The summed E-state index contributed by atoms with van der Waals surface area (Å²) in [6.45, 7) is 6.51. The number of aryl methyl sites for hydroxylation is 1. The Bertz CT molecular complexity index is 1400. The molecule has 2 aromatic heterocycles. The highest BCUT2D eigenvalue weighted by Crippen LogP contribution is 2.17. The second kappa shape index (κ2) is 9.28. The number of rotatable bonds is 7. The zero-order chi connectivity index (χ0) is 23.5. The fourth-order valence-electron chi connectivity index (χ4n) is 3.74. The molecule has 0 aliphatic carbocycles. The highest BCUT2D eigenvalue weighted by atomic mass is 16.2. The summed E-state index contributed by atoms with van der Waals surface area (Å²) in [6.07, 6.45) is 1.63. The number of anilines is 1. The monoisotopic (exact) mass is 445 g/mol. The number of nitrogens with zero attached hydrogens (tertiary/aromatic N) is 4. The highest BCUT2D eigenvalue weighted by molar-refractivity contribution is 5.91. The van der Waals surface area contributed by atoms with Crippen LogP contribution < -0.4 is 16.6 Å². The number of hydrogen-bond donors (Lipinski definition) is 1. The molecule has 0 bridgehead atoms. The van der Waals surface area contributed by atoms with Gasteiger partial charge in [-0.2, -0.15) is 5.10 Å². The van der Waals surface area contributed by atoms with Crippen LogP contribution in [0.2, 0.25) is 0 Å². The molecule has 0 saturated heterocycles. The number of carbonyl (C=O) groups excluding carboxylic acids is 1. The fourth-order valence-corrected chi connectivity index (χ4v) is 3.74. The Morgan fingerprint density at radius 2 is 1.70 bits per heavy atom. The molecule has 8 heteroatoms. The van der Waals surface area contributed by atoms with E-state index in [1.165, 1.54) is 10.1 Å². The maximum absolute atomic E-state index is 13.3. The van der Waals surface area contributed by atoms with Gasteiger partial charge in [-0.05, 0) is 36.1 Å². The zero-order valence-electron chi connectivity index (χ0n) is 19.0. The van der Waals surface area contributed by atoms with Crippen LogP contribution in [0.15, 0.2) is 70.4 Å². The van der Waals surface area contributed by atoms with Crippen LogP contribution in [0.5, 0.6) is 0 Å². The molecule has 33 heavy (non-hydrogen) atoms. The van der Waals surface area contributed by atoms with Crippen molar-refractivity contribution in [2.24, 2.45) is 0 Å². The van der Waals surface area contributed by atoms with Gasteiger partial charge in [-0.25, -0.2) is 4.79 Å². The summed E-state index contributed by atoms with van der Waals surface area (Å²) >= 11 is 0. The summed E-state index contributed by atoms with van der Waals surface area (Å²) in [5.74, 6) is 0.0345. The lowest BCUT2D eigenvalue weighted by Gasteiger charge is -2.12. The van der Waals surface area contributed by atoms with Crippen LogP contribution in [-0.4, -0.2) is 24.8 Å². The normalized spacial score (nSPS) is 11.3. The van der Waals surface area contributed by atoms with Crippen molar-refractivity contribution in [3.05, 3.63) is 92.8 Å². The lowest BCUT2D eigenvalue weighted by Crippen LogP contribution is -2.41. The molecule has 4 rings (SSSR count). The van der Waals surface area contributed by atoms with Crippen LogP contribution in [-0.2, 0) is 24.4 Å². The second-order valence-electron chi connectivity index (χ2n) is 8.29. The Balaban J connectivity index is 1.71. The maximum Gasteiger partial charge on any atom is 0.332 e. The van der Waals surface area contributed by atoms with Crippen LogP contribution in [0.25, 0.3) is 11.0 Å². The first-order chi connectivity index (χ1) is 15.9. The van der Waals surface area contributed by atoms with Crippen molar-refractivity contribution in [3.63, 3.8) is 0 Å². The predicted octanol–water partition coefficient (Wildman–Crippen LogP) is 3.19. The Morgan fingerprint density at radius 1 is 1.00 bits per heavy atom. The van der Waals surface area contributed by atoms with Gasteiger partial charge < -0.3 is 5.32 Å². The van der Waals surface area contributed by atoms with E-state index in [2.05, 4.69) is 24.3 Å². The smallest absolute Gasteiger partial charge is 0.325 e. The number of nitrogens with one attached hydrogen (secondary N) is 1. The van der Waals surface area contributed by atoms with Crippen molar-refractivity contribution in [3.8, 4) is 0 Å². The molecule has 0 spiro atoms. The molecular formula is C25H27N5O3. The van der Waals surface area contributed by atoms with Crippen LogP contribution in [0.1, 0.15) is 37.8 Å². The lowest BCUT2D eigenvalue weighted by molar-refractivity contribution is -0.116. The number of fused-ring (bicyclic) bond motifs is 1. The van der Waals surface area contributed by atoms with Gasteiger partial charge in [0.05, 0.1) is 12.1 Å². The zero-order valence-corrected chi connectivity index (χ0v) is 19.0. The molecule has 170 valence electrons. The van der Waals surface area contributed by atoms with Crippen molar-refractivity contribution >= 4 is 22.6 Å². The topological polar surface area (TPSA) is 90.9 Å². The molecule has 0 radical (unpaired) electrons. The Hall–Kier alpha value is -3.94. The molecule has 2 aromatic carbocycles. The molecular weight excluding hydrogens is 418 g/mol. The van der Waals surface area contributed by atoms with E-state index < -0.39 is 11.2 Å². The van der Waals surface area contributed by atoms with Gasteiger partial charge >= 0.3 is 5.69 Å². The molecule has 2 heterocycles. The predicted molar refractivity (Wildman–Crippen MR) is 129 cm³/mol. The summed E-state index contributed by atoms with van der Waals surface area (Å²) in [7, 11) is 0. The molecule has 0 unspecified atom stereocenters. The van der Waals surface area contributed by atoms with Crippen LogP contribution >= 0.6 is 0 Å². The van der Waals surface area contributed by atoms with Crippen LogP contribution in [0.4, 0.5) is 5.69 Å². The van der Waals surface area contributed by atoms with E-state index in [9.17, 15) is 14.4 Å². The first kappa shape index (κ1) is 22.3. The minimum Gasteiger partial charge on any atom is -0.325 e. The van der Waals surface area contributed by atoms with Crippen molar-refractivity contribution in [1.82, 2.24) is 18.9 Å². The summed E-state index contributed by atoms with van der Waals surface area (Å²) in [5, 5.41) is 7.18. The van der Waals surface area contributed by atoms with Gasteiger partial charge in [0, 0.05) is 18.4 Å². The van der Waals surface area contributed by atoms with Crippen LogP contribution in [0, 0.1) is 0 Å². The average molecular weight is 446 g/mol. The fraction of sp³-hybridized carbons (Fsp3) is 0.280. The van der Waals surface area contributed by atoms with Gasteiger partial charge in [0.25, 0.3) is 5.56 Å². The summed E-state index contributed by atoms with van der Waals surface area (Å²) in [4.78, 5) is 39.2. The van der Waals surface area contributed by atoms with Crippen LogP contribution in [0.3, 0.4) is 0 Å². The first-order valence-electron chi connectivity index (χ1n) is 11.0. The van der Waals surface area contributed by atoms with Gasteiger partial charge in [0.1, 0.15) is 6.54 Å². The second-order valence-corrected chi connectivity index (χ2v) is 8.29. The highest BCUT2D eigenvalue weighted by Gasteiger charge is 2.19. The molecule has 0 aliphatic heterocycles. The molecule has 0 saturated carbocycles. The van der Waals surface area contributed by atoms with E-state index >= 15 is 0 Å². The molecule has 1 N–H and O–H groups in total. The first-order valence-corrected chi connectivity index (χ1v) is 11.0. The van der Waals surface area contributed by atoms with E-state index in [0.29, 0.717) is 23.7 Å². The van der Waals surface area contributed by atoms with Gasteiger partial charge in [-0.3, -0.25) is 23.4 Å². The van der Waals surface area contributed by atoms with Gasteiger partial charge in [-0.1, -0.05) is 56.3 Å². The summed E-state index contributed by atoms with van der Waals surface area (Å²) in [6, 6.07) is 16.9. The molecule has 1 amide bonds. The van der Waals surface area contributed by atoms with Crippen molar-refractivity contribution in [2.75, 3.05) is 5.32 Å². The third-order valence-electron chi connectivity index (χ3n) is 5.61. The van der Waals surface area contributed by atoms with Crippen molar-refractivity contribution < 1.29 is 4.79 Å². The third-order valence-corrected chi connectivity index (χ3v) is 5.61. The number of amides is 1. The van der Waals surface area contributed by atoms with Gasteiger partial charge in [0.15, 0.2) is 5.52 Å². The number of hydrogen-bond acceptors (Lipinski definition) is 4. The van der Waals surface area contributed by atoms with E-state index in [4.69, 9.17) is 0 Å². The molecule has 8 nitrogen and oxygen atoms in total. The minimum absolute atomic E-state index is 0.103. The summed E-state index contributed by atoms with van der Waals surface area (Å²) in [5.41, 5.74) is 2.14. The third kappa shape index (κ3) is 4.64. The number of aromatic nitrogens is 4. The minimum atomic E-state index is -0.544. The Morgan fingerprint density at radius 3 is 2.33 bits per heavy atom. The van der Waals surface area contributed by atoms with Gasteiger partial charge in [0.2, 0.25) is 5.91 Å². The Kier molecular flexibility index (Phi) is 6.26. The number of benzene rings is 2. The van der Waals surface area contributed by atoms with Crippen molar-refractivity contribution in [1.29, 1.82) is 0 Å². The molecule has 0 aliphatic rings. The van der Waals surface area contributed by atoms with Gasteiger partial charge in [-0.15, -0.1) is 0 Å². The standard InChI is InChI=1S/C25H27N5O3/c1-4-28-15-21-23(27-28)24(32)30(14-18-8-6-5-7-9-18)25(33)29(21)16-22(31)26-20-12-10-19(11-13-20)17(2)3/h5-13,15,17H,4,14,16H2,1-3H3,(H,26,31). The molecule has 4 aromatic rings. The molecule has 0 atom stereocenters. The van der Waals surface area contributed by atoms with E-state index in [0.717, 1.165) is 10.1 Å². The van der Waals surface area contributed by atoms with Crippen molar-refractivity contribution in [2.45, 2.75) is 46.3 Å². The SMILES string of the molecule is CCn1cc2c(n1)c(=O)n(Cc1ccccc1)c(=O)n2CC(=O)Nc1ccc(C(C)C)cc1. The lowest BCUT2D eigenvalue weighted by atomic mass is 10.0. The quantitative estimate of drug-likeness (QED) is 0.473. The number of carbonyl (C=O) groups is 1. The summed E-state index contributed by atoms with van der Waals surface area (Å²) < 4.78 is 4.05. The Labute approximate surface area is 191 Å². The largest absolute Gasteiger partial charge is 0.332 e. The maximum atomic E-state index is 13.3. The van der Waals surface area contributed by atoms with E-state index in [1.807, 2.05) is 61.5 Å². The average Bonchev–Trinajstić information content (AvgIpc) is 3.25.